The number of amides is 1. The van der Waals surface area contributed by atoms with E-state index in [1.54, 1.807) is 19.1 Å². The fourth-order valence-electron chi connectivity index (χ4n) is 3.68. The molecule has 0 aromatic heterocycles. The first-order valence-corrected chi connectivity index (χ1v) is 11.1. The summed E-state index contributed by atoms with van der Waals surface area (Å²) in [6, 6.07) is 4.31. The van der Waals surface area contributed by atoms with E-state index in [1.807, 2.05) is 0 Å². The Balaban J connectivity index is 1.66. The number of hydrogen-bond acceptors (Lipinski definition) is 6. The monoisotopic (exact) mass is 411 g/mol. The number of ether oxygens (including phenoxy) is 2. The van der Waals surface area contributed by atoms with Crippen LogP contribution in [-0.2, 0) is 19.6 Å². The van der Waals surface area contributed by atoms with Crippen LogP contribution in [0.15, 0.2) is 23.1 Å². The van der Waals surface area contributed by atoms with Crippen molar-refractivity contribution in [1.29, 1.82) is 0 Å². The van der Waals surface area contributed by atoms with Crippen molar-refractivity contribution in [1.82, 2.24) is 14.5 Å². The summed E-state index contributed by atoms with van der Waals surface area (Å²) in [5, 5.41) is 2.91. The number of carbonyl (C=O) groups excluding carboxylic acids is 1. The number of nitrogens with zero attached hydrogens (tertiary/aromatic N) is 2. The van der Waals surface area contributed by atoms with Crippen LogP contribution in [-0.4, -0.2) is 82.6 Å². The van der Waals surface area contributed by atoms with Crippen molar-refractivity contribution in [2.75, 3.05) is 53.0 Å². The summed E-state index contributed by atoms with van der Waals surface area (Å²) in [4.78, 5) is 15.1. The van der Waals surface area contributed by atoms with E-state index in [1.165, 1.54) is 17.5 Å². The number of methoxy groups -OCH3 is 1. The number of hydrogen-bond donors (Lipinski definition) is 1. The second kappa shape index (κ2) is 9.21. The van der Waals surface area contributed by atoms with Crippen LogP contribution in [0.1, 0.15) is 18.4 Å². The van der Waals surface area contributed by atoms with Crippen LogP contribution < -0.4 is 10.1 Å². The molecule has 2 aliphatic rings. The molecule has 8 nitrogen and oxygen atoms in total. The van der Waals surface area contributed by atoms with E-state index in [4.69, 9.17) is 9.47 Å². The first-order chi connectivity index (χ1) is 13.4. The topological polar surface area (TPSA) is 88.2 Å². The average Bonchev–Trinajstić information content (AvgIpc) is 3.20. The lowest BCUT2D eigenvalue weighted by Crippen LogP contribution is -2.48. The van der Waals surface area contributed by atoms with Gasteiger partial charge in [0.1, 0.15) is 11.8 Å². The van der Waals surface area contributed by atoms with Crippen molar-refractivity contribution in [2.45, 2.75) is 30.7 Å². The zero-order valence-electron chi connectivity index (χ0n) is 16.5. The average molecular weight is 412 g/mol. The maximum atomic E-state index is 13.2. The number of nitrogens with one attached hydrogen (secondary N) is 1. The molecular weight excluding hydrogens is 382 g/mol. The molecule has 0 aliphatic carbocycles. The number of sulfonamides is 1. The Morgan fingerprint density at radius 2 is 2.04 bits per heavy atom. The van der Waals surface area contributed by atoms with Crippen LogP contribution in [0, 0.1) is 6.92 Å². The van der Waals surface area contributed by atoms with Gasteiger partial charge in [0.15, 0.2) is 0 Å². The zero-order valence-corrected chi connectivity index (χ0v) is 17.3. The maximum absolute atomic E-state index is 13.2. The number of benzene rings is 1. The van der Waals surface area contributed by atoms with Crippen molar-refractivity contribution in [2.24, 2.45) is 0 Å². The molecule has 1 aromatic rings. The molecule has 0 bridgehead atoms. The Morgan fingerprint density at radius 1 is 1.29 bits per heavy atom. The highest BCUT2D eigenvalue weighted by molar-refractivity contribution is 7.89. The van der Waals surface area contributed by atoms with Gasteiger partial charge in [0.25, 0.3) is 0 Å². The molecule has 28 heavy (non-hydrogen) atoms. The van der Waals surface area contributed by atoms with Crippen LogP contribution in [0.2, 0.25) is 0 Å². The smallest absolute Gasteiger partial charge is 0.244 e. The summed E-state index contributed by atoms with van der Waals surface area (Å²) in [7, 11) is -2.27. The number of morpholine rings is 1. The molecule has 3 rings (SSSR count). The standard InChI is InChI=1S/C19H29N3O5S/c1-15-5-6-16(26-2)14-18(15)28(24,25)22-8-3-4-17(22)19(23)20-7-9-21-10-12-27-13-11-21/h5-6,14,17H,3-4,7-13H2,1-2H3,(H,20,23)/t17-/m1/s1. The van der Waals surface area contributed by atoms with Crippen molar-refractivity contribution < 1.29 is 22.7 Å². The molecule has 1 N–H and O–H groups in total. The predicted octanol–water partition coefficient (Wildman–Crippen LogP) is 0.605. The van der Waals surface area contributed by atoms with Gasteiger partial charge >= 0.3 is 0 Å². The number of aryl methyl sites for hydroxylation is 1. The Kier molecular flexibility index (Phi) is 6.92. The Hall–Kier alpha value is -1.68. The van der Waals surface area contributed by atoms with Gasteiger partial charge in [-0.15, -0.1) is 0 Å². The normalized spacial score (nSPS) is 21.6. The molecule has 156 valence electrons. The highest BCUT2D eigenvalue weighted by Crippen LogP contribution is 2.30. The highest BCUT2D eigenvalue weighted by atomic mass is 32.2. The van der Waals surface area contributed by atoms with E-state index in [0.29, 0.717) is 50.5 Å². The van der Waals surface area contributed by atoms with Crippen LogP contribution in [0.3, 0.4) is 0 Å². The number of carbonyl (C=O) groups is 1. The Morgan fingerprint density at radius 3 is 2.75 bits per heavy atom. The fraction of sp³-hybridized carbons (Fsp3) is 0.632. The lowest BCUT2D eigenvalue weighted by Gasteiger charge is -2.27. The highest BCUT2D eigenvalue weighted by Gasteiger charge is 2.40. The van der Waals surface area contributed by atoms with Crippen LogP contribution in [0.4, 0.5) is 0 Å². The largest absolute Gasteiger partial charge is 0.497 e. The van der Waals surface area contributed by atoms with Crippen molar-refractivity contribution in [3.05, 3.63) is 23.8 Å². The third-order valence-corrected chi connectivity index (χ3v) is 7.37. The minimum absolute atomic E-state index is 0.194. The SMILES string of the molecule is COc1ccc(C)c(S(=O)(=O)N2CCC[C@@H]2C(=O)NCCN2CCOCC2)c1. The van der Waals surface area contributed by atoms with E-state index in [2.05, 4.69) is 10.2 Å². The van der Waals surface area contributed by atoms with Crippen molar-refractivity contribution in [3.63, 3.8) is 0 Å². The van der Waals surface area contributed by atoms with Gasteiger partial charge in [0.05, 0.1) is 25.2 Å². The van der Waals surface area contributed by atoms with Crippen LogP contribution >= 0.6 is 0 Å². The maximum Gasteiger partial charge on any atom is 0.244 e. The molecule has 1 amide bonds. The lowest BCUT2D eigenvalue weighted by atomic mass is 10.2. The fourth-order valence-corrected chi connectivity index (χ4v) is 5.58. The van der Waals surface area contributed by atoms with Gasteiger partial charge in [-0.1, -0.05) is 6.07 Å². The summed E-state index contributed by atoms with van der Waals surface area (Å²) in [6.45, 7) is 6.47. The molecule has 1 aromatic carbocycles. The molecule has 0 saturated carbocycles. The van der Waals surface area contributed by atoms with Crippen LogP contribution in [0.5, 0.6) is 5.75 Å². The van der Waals surface area contributed by atoms with Gasteiger partial charge < -0.3 is 14.8 Å². The van der Waals surface area contributed by atoms with Crippen molar-refractivity contribution >= 4 is 15.9 Å². The molecule has 0 spiro atoms. The van der Waals surface area contributed by atoms with E-state index in [9.17, 15) is 13.2 Å². The minimum Gasteiger partial charge on any atom is -0.497 e. The second-order valence-electron chi connectivity index (χ2n) is 7.15. The van der Waals surface area contributed by atoms with Gasteiger partial charge in [0.2, 0.25) is 15.9 Å². The summed E-state index contributed by atoms with van der Waals surface area (Å²) in [5.74, 6) is 0.254. The van der Waals surface area contributed by atoms with Gasteiger partial charge in [-0.05, 0) is 31.4 Å². The van der Waals surface area contributed by atoms with E-state index < -0.39 is 16.1 Å². The quantitative estimate of drug-likeness (QED) is 0.707. The minimum atomic E-state index is -3.78. The third-order valence-electron chi connectivity index (χ3n) is 5.32. The summed E-state index contributed by atoms with van der Waals surface area (Å²) < 4.78 is 38.3. The first-order valence-electron chi connectivity index (χ1n) is 9.68. The molecule has 2 heterocycles. The second-order valence-corrected chi connectivity index (χ2v) is 9.01. The Bertz CT molecular complexity index is 793. The summed E-state index contributed by atoms with van der Waals surface area (Å²) in [6.07, 6.45) is 1.20. The third kappa shape index (κ3) is 4.65. The van der Waals surface area contributed by atoms with E-state index >= 15 is 0 Å². The lowest BCUT2D eigenvalue weighted by molar-refractivity contribution is -0.124. The van der Waals surface area contributed by atoms with Gasteiger partial charge in [-0.25, -0.2) is 8.42 Å². The molecule has 0 unspecified atom stereocenters. The molecular formula is C19H29N3O5S. The zero-order chi connectivity index (χ0) is 20.1. The van der Waals surface area contributed by atoms with Crippen molar-refractivity contribution in [3.8, 4) is 5.75 Å². The van der Waals surface area contributed by atoms with E-state index in [-0.39, 0.29) is 10.8 Å². The summed E-state index contributed by atoms with van der Waals surface area (Å²) >= 11 is 0. The van der Waals surface area contributed by atoms with Gasteiger partial charge in [-0.3, -0.25) is 9.69 Å². The number of rotatable bonds is 7. The predicted molar refractivity (Wildman–Crippen MR) is 105 cm³/mol. The first kappa shape index (κ1) is 21.0. The summed E-state index contributed by atoms with van der Waals surface area (Å²) in [5.41, 5.74) is 0.638. The molecule has 1 atom stereocenters. The molecule has 9 heteroatoms. The molecule has 0 radical (unpaired) electrons. The Labute approximate surface area is 166 Å². The molecule has 2 saturated heterocycles. The molecule has 2 fully saturated rings. The van der Waals surface area contributed by atoms with E-state index in [0.717, 1.165) is 19.6 Å². The molecule has 2 aliphatic heterocycles. The van der Waals surface area contributed by atoms with Crippen LogP contribution in [0.25, 0.3) is 0 Å². The van der Waals surface area contributed by atoms with Gasteiger partial charge in [-0.2, -0.15) is 4.31 Å². The van der Waals surface area contributed by atoms with Gasteiger partial charge in [0, 0.05) is 38.8 Å².